The maximum Gasteiger partial charge on any atom is 0.208 e. The summed E-state index contributed by atoms with van der Waals surface area (Å²) < 4.78 is 21.3. The van der Waals surface area contributed by atoms with E-state index in [0.29, 0.717) is 30.6 Å². The number of hydrogen-bond donors (Lipinski definition) is 1. The van der Waals surface area contributed by atoms with Crippen molar-refractivity contribution in [1.82, 2.24) is 10.3 Å². The first-order valence-electron chi connectivity index (χ1n) is 6.65. The summed E-state index contributed by atoms with van der Waals surface area (Å²) in [6, 6.07) is 5.54. The van der Waals surface area contributed by atoms with Crippen molar-refractivity contribution in [3.05, 3.63) is 30.3 Å². The Morgan fingerprint density at radius 2 is 2.05 bits per heavy atom. The summed E-state index contributed by atoms with van der Waals surface area (Å²) in [4.78, 5) is 4.25. The average Bonchev–Trinajstić information content (AvgIpc) is 2.99. The molecular weight excluding hydrogens is 272 g/mol. The maximum atomic E-state index is 5.74. The molecule has 2 aromatic rings. The molecule has 0 atom stereocenters. The number of hydrogen-bond acceptors (Lipinski definition) is 6. The van der Waals surface area contributed by atoms with E-state index in [1.807, 2.05) is 18.2 Å². The Morgan fingerprint density at radius 3 is 2.76 bits per heavy atom. The van der Waals surface area contributed by atoms with Crippen molar-refractivity contribution >= 4 is 0 Å². The van der Waals surface area contributed by atoms with Crippen molar-refractivity contribution in [2.45, 2.75) is 6.54 Å². The topological polar surface area (TPSA) is 65.8 Å². The highest BCUT2D eigenvalue weighted by Gasteiger charge is 2.12. The van der Waals surface area contributed by atoms with Gasteiger partial charge < -0.3 is 23.9 Å². The largest absolute Gasteiger partial charge is 0.497 e. The van der Waals surface area contributed by atoms with Crippen molar-refractivity contribution in [3.63, 3.8) is 0 Å². The van der Waals surface area contributed by atoms with E-state index in [9.17, 15) is 0 Å². The van der Waals surface area contributed by atoms with Crippen LogP contribution in [-0.4, -0.2) is 39.5 Å². The summed E-state index contributed by atoms with van der Waals surface area (Å²) in [7, 11) is 4.91. The zero-order valence-electron chi connectivity index (χ0n) is 12.5. The van der Waals surface area contributed by atoms with Crippen LogP contribution in [0.25, 0.3) is 11.3 Å². The van der Waals surface area contributed by atoms with E-state index >= 15 is 0 Å². The van der Waals surface area contributed by atoms with E-state index in [1.54, 1.807) is 27.5 Å². The zero-order chi connectivity index (χ0) is 15.1. The van der Waals surface area contributed by atoms with Crippen molar-refractivity contribution in [3.8, 4) is 22.8 Å². The number of methoxy groups -OCH3 is 3. The molecule has 0 aliphatic rings. The highest BCUT2D eigenvalue weighted by molar-refractivity contribution is 5.67. The van der Waals surface area contributed by atoms with Crippen molar-refractivity contribution in [2.75, 3.05) is 34.5 Å². The monoisotopic (exact) mass is 292 g/mol. The Balaban J connectivity index is 2.13. The highest BCUT2D eigenvalue weighted by atomic mass is 16.5. The van der Waals surface area contributed by atoms with Gasteiger partial charge in [0.25, 0.3) is 0 Å². The molecule has 1 aromatic carbocycles. The van der Waals surface area contributed by atoms with Gasteiger partial charge in [-0.25, -0.2) is 4.98 Å². The highest BCUT2D eigenvalue weighted by Crippen LogP contribution is 2.33. The van der Waals surface area contributed by atoms with Crippen LogP contribution in [0.5, 0.6) is 11.5 Å². The van der Waals surface area contributed by atoms with E-state index in [2.05, 4.69) is 10.3 Å². The second kappa shape index (κ2) is 7.66. The molecule has 0 spiro atoms. The van der Waals surface area contributed by atoms with Crippen molar-refractivity contribution < 1.29 is 18.6 Å². The standard InChI is InChI=1S/C15H20N2O4/c1-18-7-6-16-10-15-17-9-14(21-15)12-8-11(19-2)4-5-13(12)20-3/h4-5,8-9,16H,6-7,10H2,1-3H3. The van der Waals surface area contributed by atoms with Gasteiger partial charge in [-0.2, -0.15) is 0 Å². The zero-order valence-corrected chi connectivity index (χ0v) is 12.5. The molecule has 1 heterocycles. The molecule has 21 heavy (non-hydrogen) atoms. The molecule has 114 valence electrons. The molecule has 0 fully saturated rings. The summed E-state index contributed by atoms with van der Waals surface area (Å²) in [5, 5.41) is 3.18. The van der Waals surface area contributed by atoms with Gasteiger partial charge in [0.2, 0.25) is 5.89 Å². The molecule has 1 N–H and O–H groups in total. The van der Waals surface area contributed by atoms with E-state index in [1.165, 1.54) is 0 Å². The SMILES string of the molecule is COCCNCc1ncc(-c2cc(OC)ccc2OC)o1. The van der Waals surface area contributed by atoms with Crippen LogP contribution in [0.15, 0.2) is 28.8 Å². The van der Waals surface area contributed by atoms with Gasteiger partial charge in [0.1, 0.15) is 11.5 Å². The molecule has 0 saturated heterocycles. The fourth-order valence-corrected chi connectivity index (χ4v) is 1.89. The smallest absolute Gasteiger partial charge is 0.208 e. The van der Waals surface area contributed by atoms with Crippen LogP contribution in [-0.2, 0) is 11.3 Å². The number of benzene rings is 1. The van der Waals surface area contributed by atoms with Gasteiger partial charge in [-0.05, 0) is 18.2 Å². The summed E-state index contributed by atoms with van der Waals surface area (Å²) >= 11 is 0. The van der Waals surface area contributed by atoms with E-state index in [0.717, 1.165) is 17.9 Å². The predicted molar refractivity (Wildman–Crippen MR) is 78.6 cm³/mol. The first-order chi connectivity index (χ1) is 10.3. The molecule has 0 aliphatic heterocycles. The lowest BCUT2D eigenvalue weighted by Gasteiger charge is -2.08. The van der Waals surface area contributed by atoms with Crippen LogP contribution in [0.1, 0.15) is 5.89 Å². The Hall–Kier alpha value is -2.05. The Morgan fingerprint density at radius 1 is 1.19 bits per heavy atom. The molecular formula is C15H20N2O4. The Bertz CT molecular complexity index is 569. The van der Waals surface area contributed by atoms with Gasteiger partial charge in [0.15, 0.2) is 5.76 Å². The lowest BCUT2D eigenvalue weighted by atomic mass is 10.1. The fraction of sp³-hybridized carbons (Fsp3) is 0.400. The van der Waals surface area contributed by atoms with Gasteiger partial charge in [0.05, 0.1) is 39.1 Å². The molecule has 1 aromatic heterocycles. The summed E-state index contributed by atoms with van der Waals surface area (Å²) in [6.07, 6.45) is 1.69. The maximum absolute atomic E-state index is 5.74. The average molecular weight is 292 g/mol. The number of nitrogens with one attached hydrogen (secondary N) is 1. The minimum absolute atomic E-state index is 0.551. The van der Waals surface area contributed by atoms with Gasteiger partial charge >= 0.3 is 0 Å². The molecule has 6 nitrogen and oxygen atoms in total. The molecule has 0 amide bonds. The Kier molecular flexibility index (Phi) is 5.59. The molecule has 6 heteroatoms. The van der Waals surface area contributed by atoms with Crippen LogP contribution in [0.4, 0.5) is 0 Å². The van der Waals surface area contributed by atoms with Crippen LogP contribution in [0.3, 0.4) is 0 Å². The van der Waals surface area contributed by atoms with E-state index in [-0.39, 0.29) is 0 Å². The van der Waals surface area contributed by atoms with Gasteiger partial charge in [0, 0.05) is 13.7 Å². The van der Waals surface area contributed by atoms with E-state index < -0.39 is 0 Å². The fourth-order valence-electron chi connectivity index (χ4n) is 1.89. The third-order valence-electron chi connectivity index (χ3n) is 2.98. The summed E-state index contributed by atoms with van der Waals surface area (Å²) in [6.45, 7) is 1.95. The van der Waals surface area contributed by atoms with Crippen LogP contribution in [0, 0.1) is 0 Å². The number of nitrogens with zero attached hydrogens (tertiary/aromatic N) is 1. The normalized spacial score (nSPS) is 10.6. The number of aromatic nitrogens is 1. The molecule has 0 radical (unpaired) electrons. The molecule has 0 saturated carbocycles. The van der Waals surface area contributed by atoms with Crippen molar-refractivity contribution in [1.29, 1.82) is 0 Å². The third-order valence-corrected chi connectivity index (χ3v) is 2.98. The lowest BCUT2D eigenvalue weighted by molar-refractivity contribution is 0.198. The summed E-state index contributed by atoms with van der Waals surface area (Å²) in [5.74, 6) is 2.72. The van der Waals surface area contributed by atoms with E-state index in [4.69, 9.17) is 18.6 Å². The first kappa shape index (κ1) is 15.3. The van der Waals surface area contributed by atoms with Crippen LogP contribution < -0.4 is 14.8 Å². The molecule has 2 rings (SSSR count). The minimum atomic E-state index is 0.551. The third kappa shape index (κ3) is 3.96. The minimum Gasteiger partial charge on any atom is -0.497 e. The second-order valence-corrected chi connectivity index (χ2v) is 4.35. The molecule has 0 unspecified atom stereocenters. The number of rotatable bonds is 8. The van der Waals surface area contributed by atoms with Gasteiger partial charge in [-0.15, -0.1) is 0 Å². The summed E-state index contributed by atoms with van der Waals surface area (Å²) in [5.41, 5.74) is 0.812. The quantitative estimate of drug-likeness (QED) is 0.752. The second-order valence-electron chi connectivity index (χ2n) is 4.35. The van der Waals surface area contributed by atoms with Crippen molar-refractivity contribution in [2.24, 2.45) is 0 Å². The number of ether oxygens (including phenoxy) is 3. The predicted octanol–water partition coefficient (Wildman–Crippen LogP) is 2.09. The van der Waals surface area contributed by atoms with Gasteiger partial charge in [-0.3, -0.25) is 0 Å². The first-order valence-corrected chi connectivity index (χ1v) is 6.65. The molecule has 0 aliphatic carbocycles. The van der Waals surface area contributed by atoms with Crippen LogP contribution >= 0.6 is 0 Å². The van der Waals surface area contributed by atoms with Gasteiger partial charge in [-0.1, -0.05) is 0 Å². The van der Waals surface area contributed by atoms with Crippen LogP contribution in [0.2, 0.25) is 0 Å². The Labute approximate surface area is 124 Å². The lowest BCUT2D eigenvalue weighted by Crippen LogP contribution is -2.18. The molecule has 0 bridgehead atoms. The number of oxazole rings is 1.